The highest BCUT2D eigenvalue weighted by Crippen LogP contribution is 2.28. The Morgan fingerprint density at radius 1 is 1.50 bits per heavy atom. The predicted octanol–water partition coefficient (Wildman–Crippen LogP) is 3.03. The fourth-order valence-corrected chi connectivity index (χ4v) is 2.68. The van der Waals surface area contributed by atoms with Crippen LogP contribution in [0.2, 0.25) is 0 Å². The van der Waals surface area contributed by atoms with Crippen molar-refractivity contribution in [2.75, 3.05) is 7.05 Å². The number of rotatable bonds is 4. The number of pyridine rings is 1. The van der Waals surface area contributed by atoms with Gasteiger partial charge in [-0.15, -0.1) is 0 Å². The summed E-state index contributed by atoms with van der Waals surface area (Å²) in [4.78, 5) is 17.5. The van der Waals surface area contributed by atoms with E-state index in [9.17, 15) is 5.26 Å². The van der Waals surface area contributed by atoms with Gasteiger partial charge in [-0.3, -0.25) is 4.99 Å². The molecule has 0 unspecified atom stereocenters. The fourth-order valence-electron chi connectivity index (χ4n) is 1.68. The summed E-state index contributed by atoms with van der Waals surface area (Å²) >= 11 is 1.39. The molecule has 0 aliphatic carbocycles. The number of aromatic nitrogens is 2. The molecule has 2 aromatic rings. The van der Waals surface area contributed by atoms with Crippen molar-refractivity contribution >= 4 is 40.2 Å². The maximum absolute atomic E-state index is 9.37. The highest BCUT2D eigenvalue weighted by atomic mass is 32.1. The standard InChI is InChI=1S/C14H13N5S/c1-9-4-5-12-14(18-9)20-13(19-12)10(8-15)11(17-3)6-7-16-2/h4-5,7H,3,6H2,1-2H3/b11-10+,16-7?. The number of thiazole rings is 1. The minimum absolute atomic E-state index is 0.431. The van der Waals surface area contributed by atoms with E-state index in [1.54, 1.807) is 13.3 Å². The number of hydrogen-bond acceptors (Lipinski definition) is 6. The molecule has 5 nitrogen and oxygen atoms in total. The zero-order valence-corrected chi connectivity index (χ0v) is 12.1. The van der Waals surface area contributed by atoms with Crippen LogP contribution in [0.4, 0.5) is 0 Å². The van der Waals surface area contributed by atoms with Crippen LogP contribution in [0.5, 0.6) is 0 Å². The van der Waals surface area contributed by atoms with Gasteiger partial charge in [-0.1, -0.05) is 11.3 Å². The first-order valence-electron chi connectivity index (χ1n) is 5.94. The molecule has 0 saturated carbocycles. The summed E-state index contributed by atoms with van der Waals surface area (Å²) in [5.74, 6) is 0. The number of nitrogens with zero attached hydrogens (tertiary/aromatic N) is 5. The van der Waals surface area contributed by atoms with Crippen LogP contribution in [-0.2, 0) is 0 Å². The molecular formula is C14H13N5S. The van der Waals surface area contributed by atoms with E-state index in [-0.39, 0.29) is 0 Å². The maximum atomic E-state index is 9.37. The number of aryl methyl sites for hydroxylation is 1. The van der Waals surface area contributed by atoms with E-state index in [4.69, 9.17) is 0 Å². The number of nitriles is 1. The van der Waals surface area contributed by atoms with Crippen molar-refractivity contribution < 1.29 is 0 Å². The monoisotopic (exact) mass is 283 g/mol. The number of fused-ring (bicyclic) bond motifs is 1. The highest BCUT2D eigenvalue weighted by molar-refractivity contribution is 7.19. The van der Waals surface area contributed by atoms with E-state index < -0.39 is 0 Å². The molecule has 2 aromatic heterocycles. The molecule has 0 spiro atoms. The predicted molar refractivity (Wildman–Crippen MR) is 83.3 cm³/mol. The van der Waals surface area contributed by atoms with Crippen LogP contribution in [0.15, 0.2) is 27.8 Å². The second-order valence-electron chi connectivity index (χ2n) is 4.03. The van der Waals surface area contributed by atoms with Crippen molar-refractivity contribution in [1.29, 1.82) is 5.26 Å². The van der Waals surface area contributed by atoms with Crippen molar-refractivity contribution in [2.45, 2.75) is 13.3 Å². The molecule has 2 rings (SSSR count). The molecule has 0 aromatic carbocycles. The van der Waals surface area contributed by atoms with Crippen molar-refractivity contribution in [2.24, 2.45) is 9.98 Å². The van der Waals surface area contributed by atoms with Gasteiger partial charge in [0.25, 0.3) is 0 Å². The van der Waals surface area contributed by atoms with Crippen LogP contribution in [0.1, 0.15) is 17.1 Å². The summed E-state index contributed by atoms with van der Waals surface area (Å²) in [6, 6.07) is 5.96. The third-order valence-electron chi connectivity index (χ3n) is 2.67. The first-order chi connectivity index (χ1) is 9.69. The summed E-state index contributed by atoms with van der Waals surface area (Å²) in [7, 11) is 1.68. The third-order valence-corrected chi connectivity index (χ3v) is 3.65. The van der Waals surface area contributed by atoms with E-state index in [1.807, 2.05) is 19.1 Å². The lowest BCUT2D eigenvalue weighted by molar-refractivity contribution is 1.22. The van der Waals surface area contributed by atoms with Gasteiger partial charge in [0.2, 0.25) is 0 Å². The zero-order chi connectivity index (χ0) is 14.5. The molecule has 0 N–H and O–H groups in total. The van der Waals surface area contributed by atoms with Gasteiger partial charge in [0, 0.05) is 25.4 Å². The first-order valence-corrected chi connectivity index (χ1v) is 6.76. The lowest BCUT2D eigenvalue weighted by Crippen LogP contribution is -1.89. The Hall–Kier alpha value is -2.39. The molecule has 0 aliphatic heterocycles. The number of hydrogen-bond donors (Lipinski definition) is 0. The molecular weight excluding hydrogens is 270 g/mol. The van der Waals surface area contributed by atoms with E-state index in [1.165, 1.54) is 11.3 Å². The van der Waals surface area contributed by atoms with Gasteiger partial charge in [-0.05, 0) is 25.8 Å². The van der Waals surface area contributed by atoms with Gasteiger partial charge in [0.1, 0.15) is 27.0 Å². The van der Waals surface area contributed by atoms with Crippen LogP contribution in [-0.4, -0.2) is 29.9 Å². The highest BCUT2D eigenvalue weighted by Gasteiger charge is 2.13. The van der Waals surface area contributed by atoms with Gasteiger partial charge in [-0.25, -0.2) is 9.97 Å². The molecule has 0 radical (unpaired) electrons. The summed E-state index contributed by atoms with van der Waals surface area (Å²) < 4.78 is 0. The quantitative estimate of drug-likeness (QED) is 0.639. The van der Waals surface area contributed by atoms with Crippen LogP contribution < -0.4 is 0 Å². The fraction of sp³-hybridized carbons (Fsp3) is 0.214. The minimum Gasteiger partial charge on any atom is -0.300 e. The molecule has 0 aliphatic rings. The summed E-state index contributed by atoms with van der Waals surface area (Å²) in [6.07, 6.45) is 2.16. The molecule has 0 saturated heterocycles. The molecule has 20 heavy (non-hydrogen) atoms. The molecule has 2 heterocycles. The first kappa shape index (κ1) is 14.0. The van der Waals surface area contributed by atoms with Crippen molar-refractivity contribution in [3.05, 3.63) is 28.5 Å². The second-order valence-corrected chi connectivity index (χ2v) is 5.01. The lowest BCUT2D eigenvalue weighted by atomic mass is 10.2. The Labute approximate surface area is 121 Å². The van der Waals surface area contributed by atoms with Gasteiger partial charge in [0.15, 0.2) is 0 Å². The van der Waals surface area contributed by atoms with Crippen molar-refractivity contribution in [3.8, 4) is 6.07 Å². The normalized spacial score (nSPS) is 12.4. The summed E-state index contributed by atoms with van der Waals surface area (Å²) in [5.41, 5.74) is 2.72. The Morgan fingerprint density at radius 3 is 2.95 bits per heavy atom. The van der Waals surface area contributed by atoms with Crippen molar-refractivity contribution in [1.82, 2.24) is 9.97 Å². The van der Waals surface area contributed by atoms with E-state index >= 15 is 0 Å². The molecule has 6 heteroatoms. The van der Waals surface area contributed by atoms with Crippen LogP contribution in [0.25, 0.3) is 15.9 Å². The molecule has 0 atom stereocenters. The van der Waals surface area contributed by atoms with Gasteiger partial charge >= 0.3 is 0 Å². The molecule has 0 fully saturated rings. The number of allylic oxidation sites excluding steroid dienone is 2. The summed E-state index contributed by atoms with van der Waals surface area (Å²) in [6.45, 7) is 5.44. The van der Waals surface area contributed by atoms with Crippen LogP contribution >= 0.6 is 11.3 Å². The Morgan fingerprint density at radius 2 is 2.30 bits per heavy atom. The molecule has 100 valence electrons. The smallest absolute Gasteiger partial charge is 0.144 e. The molecule has 0 bridgehead atoms. The Kier molecular flexibility index (Phi) is 4.33. The molecule has 0 amide bonds. The summed E-state index contributed by atoms with van der Waals surface area (Å²) in [5, 5.41) is 9.98. The SMILES string of the molecule is C=N/C(CC=NC)=C(\C#N)c1nc2ccc(C)nc2s1. The lowest BCUT2D eigenvalue weighted by Gasteiger charge is -1.98. The van der Waals surface area contributed by atoms with E-state index in [2.05, 4.69) is 32.7 Å². The average Bonchev–Trinajstić information content (AvgIpc) is 2.85. The van der Waals surface area contributed by atoms with Gasteiger partial charge in [-0.2, -0.15) is 5.26 Å². The second kappa shape index (κ2) is 6.17. The minimum atomic E-state index is 0.431. The van der Waals surface area contributed by atoms with Crippen LogP contribution in [0.3, 0.4) is 0 Å². The topological polar surface area (TPSA) is 74.3 Å². The van der Waals surface area contributed by atoms with Crippen molar-refractivity contribution in [3.63, 3.8) is 0 Å². The Bertz CT molecular complexity index is 749. The zero-order valence-electron chi connectivity index (χ0n) is 11.3. The Balaban J connectivity index is 2.56. The van der Waals surface area contributed by atoms with Crippen LogP contribution in [0, 0.1) is 18.3 Å². The number of aliphatic imine (C=N–C) groups is 2. The van der Waals surface area contributed by atoms with Gasteiger partial charge < -0.3 is 4.99 Å². The van der Waals surface area contributed by atoms with Gasteiger partial charge in [0.05, 0.1) is 5.70 Å². The van der Waals surface area contributed by atoms with E-state index in [0.717, 1.165) is 16.0 Å². The maximum Gasteiger partial charge on any atom is 0.144 e. The van der Waals surface area contributed by atoms with E-state index in [0.29, 0.717) is 22.7 Å². The third kappa shape index (κ3) is 2.78. The average molecular weight is 283 g/mol. The largest absolute Gasteiger partial charge is 0.300 e.